The molecule has 0 heterocycles. The number of carbonyl (C=O) groups excluding carboxylic acids is 1. The van der Waals surface area contributed by atoms with Crippen molar-refractivity contribution in [2.24, 2.45) is 11.7 Å². The number of hydrogen-bond acceptors (Lipinski definition) is 3. The highest BCUT2D eigenvalue weighted by molar-refractivity contribution is 5.96. The molecule has 86 valence electrons. The Balaban J connectivity index is 2.05. The van der Waals surface area contributed by atoms with E-state index in [9.17, 15) is 4.79 Å². The molecule has 1 aromatic rings. The summed E-state index contributed by atoms with van der Waals surface area (Å²) < 4.78 is 5.42. The van der Waals surface area contributed by atoms with Gasteiger partial charge in [-0.1, -0.05) is 12.1 Å². The first kappa shape index (κ1) is 11.0. The summed E-state index contributed by atoms with van der Waals surface area (Å²) in [5.41, 5.74) is 6.34. The third kappa shape index (κ3) is 2.33. The van der Waals surface area contributed by atoms with Gasteiger partial charge in [0, 0.05) is 6.04 Å². The number of nitrogens with two attached hydrogens (primary N) is 1. The maximum atomic E-state index is 11.7. The van der Waals surface area contributed by atoms with E-state index in [1.165, 1.54) is 0 Å². The molecule has 4 heteroatoms. The molecule has 1 aliphatic rings. The predicted molar refractivity (Wildman–Crippen MR) is 62.3 cm³/mol. The number of hydrogen-bond donors (Lipinski definition) is 2. The molecule has 16 heavy (non-hydrogen) atoms. The lowest BCUT2D eigenvalue weighted by Crippen LogP contribution is -2.19. The van der Waals surface area contributed by atoms with Gasteiger partial charge in [0.15, 0.2) is 0 Å². The second kappa shape index (κ2) is 4.53. The molecule has 2 rings (SSSR count). The van der Waals surface area contributed by atoms with Gasteiger partial charge in [0.05, 0.1) is 18.2 Å². The third-order valence-corrected chi connectivity index (χ3v) is 2.62. The van der Waals surface area contributed by atoms with Crippen molar-refractivity contribution in [1.82, 2.24) is 0 Å². The first-order valence-electron chi connectivity index (χ1n) is 5.50. The van der Waals surface area contributed by atoms with Gasteiger partial charge in [0.1, 0.15) is 5.75 Å². The van der Waals surface area contributed by atoms with E-state index < -0.39 is 0 Å². The molecule has 0 radical (unpaired) electrons. The summed E-state index contributed by atoms with van der Waals surface area (Å²) in [6.07, 6.45) is 0.780. The van der Waals surface area contributed by atoms with E-state index in [-0.39, 0.29) is 17.9 Å². The molecule has 0 aromatic heterocycles. The van der Waals surface area contributed by atoms with E-state index in [0.717, 1.165) is 6.42 Å². The van der Waals surface area contributed by atoms with Crippen LogP contribution in [0, 0.1) is 5.92 Å². The highest BCUT2D eigenvalue weighted by Gasteiger charge is 2.40. The number of rotatable bonds is 4. The van der Waals surface area contributed by atoms with Crippen LogP contribution in [0.1, 0.15) is 13.3 Å². The molecule has 0 spiro atoms. The maximum absolute atomic E-state index is 11.7. The van der Waals surface area contributed by atoms with Crippen molar-refractivity contribution < 1.29 is 9.53 Å². The highest BCUT2D eigenvalue weighted by atomic mass is 16.5. The lowest BCUT2D eigenvalue weighted by Gasteiger charge is -2.10. The summed E-state index contributed by atoms with van der Waals surface area (Å²) in [6.45, 7) is 2.49. The van der Waals surface area contributed by atoms with Gasteiger partial charge in [-0.25, -0.2) is 0 Å². The maximum Gasteiger partial charge on any atom is 0.229 e. The van der Waals surface area contributed by atoms with Crippen molar-refractivity contribution in [3.05, 3.63) is 24.3 Å². The molecule has 0 bridgehead atoms. The molecular formula is C12H16N2O2. The van der Waals surface area contributed by atoms with Crippen LogP contribution in [0.2, 0.25) is 0 Å². The van der Waals surface area contributed by atoms with E-state index >= 15 is 0 Å². The standard InChI is InChI=1S/C12H16N2O2/c1-2-16-11-6-4-3-5-10(11)14-12(15)8-7-9(8)13/h3-6,8-9H,2,7,13H2,1H3,(H,14,15). The first-order valence-corrected chi connectivity index (χ1v) is 5.50. The zero-order valence-corrected chi connectivity index (χ0v) is 9.27. The van der Waals surface area contributed by atoms with Crippen LogP contribution in [0.3, 0.4) is 0 Å². The van der Waals surface area contributed by atoms with Gasteiger partial charge in [-0.15, -0.1) is 0 Å². The van der Waals surface area contributed by atoms with Crippen LogP contribution in [0.4, 0.5) is 5.69 Å². The highest BCUT2D eigenvalue weighted by Crippen LogP contribution is 2.31. The average molecular weight is 220 g/mol. The number of nitrogens with one attached hydrogen (secondary N) is 1. The Bertz CT molecular complexity index is 392. The second-order valence-corrected chi connectivity index (χ2v) is 3.92. The van der Waals surface area contributed by atoms with Crippen LogP contribution < -0.4 is 15.8 Å². The lowest BCUT2D eigenvalue weighted by atomic mass is 10.2. The Morgan fingerprint density at radius 2 is 2.25 bits per heavy atom. The van der Waals surface area contributed by atoms with Gasteiger partial charge in [0.25, 0.3) is 0 Å². The predicted octanol–water partition coefficient (Wildman–Crippen LogP) is 1.37. The van der Waals surface area contributed by atoms with Crippen LogP contribution in [0.15, 0.2) is 24.3 Å². The summed E-state index contributed by atoms with van der Waals surface area (Å²) >= 11 is 0. The SMILES string of the molecule is CCOc1ccccc1NC(=O)C1CC1N. The topological polar surface area (TPSA) is 64.3 Å². The molecule has 0 aliphatic heterocycles. The Morgan fingerprint density at radius 1 is 1.56 bits per heavy atom. The number of amides is 1. The van der Waals surface area contributed by atoms with Crippen molar-refractivity contribution in [1.29, 1.82) is 0 Å². The number of anilines is 1. The Kier molecular flexibility index (Phi) is 3.10. The summed E-state index contributed by atoms with van der Waals surface area (Å²) in [4.78, 5) is 11.7. The number of carbonyl (C=O) groups is 1. The average Bonchev–Trinajstić information content (AvgIpc) is 2.99. The van der Waals surface area contributed by atoms with Crippen LogP contribution in [-0.4, -0.2) is 18.6 Å². The van der Waals surface area contributed by atoms with Crippen molar-refractivity contribution in [3.8, 4) is 5.75 Å². The molecule has 2 atom stereocenters. The van der Waals surface area contributed by atoms with Gasteiger partial charge in [0.2, 0.25) is 5.91 Å². The molecule has 1 aromatic carbocycles. The van der Waals surface area contributed by atoms with Gasteiger partial charge in [-0.05, 0) is 25.5 Å². The molecule has 4 nitrogen and oxygen atoms in total. The summed E-state index contributed by atoms with van der Waals surface area (Å²) in [5.74, 6) is 0.655. The Morgan fingerprint density at radius 3 is 2.88 bits per heavy atom. The molecule has 1 saturated carbocycles. The van der Waals surface area contributed by atoms with Gasteiger partial charge < -0.3 is 15.8 Å². The fraction of sp³-hybridized carbons (Fsp3) is 0.417. The van der Waals surface area contributed by atoms with E-state index in [1.807, 2.05) is 31.2 Å². The minimum atomic E-state index is -0.0327. The van der Waals surface area contributed by atoms with E-state index in [2.05, 4.69) is 5.32 Å². The zero-order chi connectivity index (χ0) is 11.5. The molecular weight excluding hydrogens is 204 g/mol. The molecule has 1 fully saturated rings. The van der Waals surface area contributed by atoms with E-state index in [0.29, 0.717) is 18.0 Å². The minimum absolute atomic E-state index is 0.0142. The molecule has 2 unspecified atom stereocenters. The second-order valence-electron chi connectivity index (χ2n) is 3.92. The van der Waals surface area contributed by atoms with Crippen LogP contribution >= 0.6 is 0 Å². The third-order valence-electron chi connectivity index (χ3n) is 2.62. The molecule has 0 saturated heterocycles. The fourth-order valence-electron chi connectivity index (χ4n) is 1.59. The summed E-state index contributed by atoms with van der Waals surface area (Å²) in [7, 11) is 0. The number of ether oxygens (including phenoxy) is 1. The number of para-hydroxylation sites is 2. The van der Waals surface area contributed by atoms with E-state index in [1.54, 1.807) is 0 Å². The van der Waals surface area contributed by atoms with Gasteiger partial charge >= 0.3 is 0 Å². The zero-order valence-electron chi connectivity index (χ0n) is 9.27. The van der Waals surface area contributed by atoms with Crippen molar-refractivity contribution in [3.63, 3.8) is 0 Å². The van der Waals surface area contributed by atoms with Crippen molar-refractivity contribution in [2.45, 2.75) is 19.4 Å². The monoisotopic (exact) mass is 220 g/mol. The summed E-state index contributed by atoms with van der Waals surface area (Å²) in [6, 6.07) is 7.44. The minimum Gasteiger partial charge on any atom is -0.492 e. The Labute approximate surface area is 94.8 Å². The first-order chi connectivity index (χ1) is 7.72. The number of benzene rings is 1. The fourth-order valence-corrected chi connectivity index (χ4v) is 1.59. The van der Waals surface area contributed by atoms with Crippen molar-refractivity contribution in [2.75, 3.05) is 11.9 Å². The quantitative estimate of drug-likeness (QED) is 0.805. The summed E-state index contributed by atoms with van der Waals surface area (Å²) in [5, 5.41) is 2.84. The van der Waals surface area contributed by atoms with E-state index in [4.69, 9.17) is 10.5 Å². The van der Waals surface area contributed by atoms with Crippen LogP contribution in [-0.2, 0) is 4.79 Å². The van der Waals surface area contributed by atoms with Gasteiger partial charge in [-0.3, -0.25) is 4.79 Å². The van der Waals surface area contributed by atoms with Crippen LogP contribution in [0.5, 0.6) is 5.75 Å². The largest absolute Gasteiger partial charge is 0.492 e. The lowest BCUT2D eigenvalue weighted by molar-refractivity contribution is -0.117. The molecule has 1 aliphatic carbocycles. The smallest absolute Gasteiger partial charge is 0.229 e. The Hall–Kier alpha value is -1.55. The molecule has 1 amide bonds. The normalized spacial score (nSPS) is 22.6. The van der Waals surface area contributed by atoms with Crippen molar-refractivity contribution >= 4 is 11.6 Å². The van der Waals surface area contributed by atoms with Gasteiger partial charge in [-0.2, -0.15) is 0 Å². The molecule has 3 N–H and O–H groups in total. The van der Waals surface area contributed by atoms with Crippen LogP contribution in [0.25, 0.3) is 0 Å².